The Balaban J connectivity index is 1.69. The van der Waals surface area contributed by atoms with Gasteiger partial charge in [-0.1, -0.05) is 6.07 Å². The van der Waals surface area contributed by atoms with Crippen LogP contribution in [0.2, 0.25) is 0 Å². The zero-order valence-corrected chi connectivity index (χ0v) is 10.9. The maximum atomic E-state index is 11.8. The number of amides is 2. The molecule has 0 saturated heterocycles. The Morgan fingerprint density at radius 2 is 1.95 bits per heavy atom. The van der Waals surface area contributed by atoms with E-state index in [0.717, 1.165) is 16.1 Å². The molecule has 1 heterocycles. The summed E-state index contributed by atoms with van der Waals surface area (Å²) in [6.45, 7) is 0. The van der Waals surface area contributed by atoms with E-state index in [-0.39, 0.29) is 11.8 Å². The first-order valence-electron chi connectivity index (χ1n) is 5.96. The summed E-state index contributed by atoms with van der Waals surface area (Å²) in [6, 6.07) is 9.04. The molecule has 1 aromatic heterocycles. The molecule has 1 aliphatic carbocycles. The molecule has 0 radical (unpaired) electrons. The van der Waals surface area contributed by atoms with Crippen molar-refractivity contribution in [3.63, 3.8) is 0 Å². The molecule has 1 aromatic carbocycles. The zero-order valence-electron chi connectivity index (χ0n) is 10.1. The number of nitrogens with one attached hydrogen (secondary N) is 2. The molecule has 4 nitrogen and oxygen atoms in total. The summed E-state index contributed by atoms with van der Waals surface area (Å²) in [7, 11) is 0. The summed E-state index contributed by atoms with van der Waals surface area (Å²) in [5, 5.41) is 8.22. The molecule has 2 aromatic rings. The summed E-state index contributed by atoms with van der Waals surface area (Å²) in [5.74, 6) is 0.232. The van der Waals surface area contributed by atoms with Crippen LogP contribution in [0.1, 0.15) is 11.1 Å². The van der Waals surface area contributed by atoms with Gasteiger partial charge in [0.1, 0.15) is 5.78 Å². The third-order valence-corrected chi connectivity index (χ3v) is 3.78. The monoisotopic (exact) mass is 272 g/mol. The van der Waals surface area contributed by atoms with Gasteiger partial charge in [0.2, 0.25) is 0 Å². The lowest BCUT2D eigenvalue weighted by Crippen LogP contribution is -2.18. The average molecular weight is 272 g/mol. The molecule has 5 heteroatoms. The zero-order chi connectivity index (χ0) is 13.2. The van der Waals surface area contributed by atoms with Gasteiger partial charge in [0.15, 0.2) is 0 Å². The van der Waals surface area contributed by atoms with E-state index >= 15 is 0 Å². The lowest BCUT2D eigenvalue weighted by Gasteiger charge is -2.07. The van der Waals surface area contributed by atoms with Gasteiger partial charge in [0, 0.05) is 18.5 Å². The molecule has 19 heavy (non-hydrogen) atoms. The lowest BCUT2D eigenvalue weighted by molar-refractivity contribution is -0.117. The van der Waals surface area contributed by atoms with Gasteiger partial charge >= 0.3 is 6.03 Å². The number of Topliss-reactive ketones (excluding diaryl/α,β-unsaturated/α-hetero) is 1. The highest BCUT2D eigenvalue weighted by Gasteiger charge is 2.18. The number of carbonyl (C=O) groups excluding carboxylic acids is 2. The Labute approximate surface area is 114 Å². The molecule has 0 unspecified atom stereocenters. The quantitative estimate of drug-likeness (QED) is 0.882. The molecule has 2 N–H and O–H groups in total. The fraction of sp³-hybridized carbons (Fsp3) is 0.143. The van der Waals surface area contributed by atoms with Crippen molar-refractivity contribution >= 4 is 33.8 Å². The lowest BCUT2D eigenvalue weighted by atomic mass is 10.1. The molecule has 96 valence electrons. The summed E-state index contributed by atoms with van der Waals surface area (Å²) < 4.78 is 0. The Morgan fingerprint density at radius 1 is 1.11 bits per heavy atom. The van der Waals surface area contributed by atoms with E-state index in [1.54, 1.807) is 0 Å². The summed E-state index contributed by atoms with van der Waals surface area (Å²) in [6.07, 6.45) is 0.981. The number of hydrogen-bond acceptors (Lipinski definition) is 3. The standard InChI is InChI=1S/C14H12N2O2S/c17-12-7-9-3-4-11(6-10(9)8-12)15-14(18)16-13-2-1-5-19-13/h1-6H,7-8H2,(H2,15,16,18). The second-order valence-electron chi connectivity index (χ2n) is 4.43. The Bertz CT molecular complexity index is 635. The SMILES string of the molecule is O=C1Cc2ccc(NC(=O)Nc3cccs3)cc2C1. The molecule has 3 rings (SSSR count). The Hall–Kier alpha value is -2.14. The molecule has 0 atom stereocenters. The first-order chi connectivity index (χ1) is 9.20. The van der Waals surface area contributed by atoms with Crippen LogP contribution in [0.5, 0.6) is 0 Å². The normalized spacial score (nSPS) is 13.2. The van der Waals surface area contributed by atoms with E-state index in [9.17, 15) is 9.59 Å². The molecule has 1 aliphatic rings. The van der Waals surface area contributed by atoms with Crippen molar-refractivity contribution in [2.24, 2.45) is 0 Å². The number of fused-ring (bicyclic) bond motifs is 1. The highest BCUT2D eigenvalue weighted by atomic mass is 32.1. The molecular formula is C14H12N2O2S. The molecule has 0 fully saturated rings. The van der Waals surface area contributed by atoms with Gasteiger partial charge in [-0.2, -0.15) is 0 Å². The summed E-state index contributed by atoms with van der Waals surface area (Å²) in [4.78, 5) is 23.1. The third kappa shape index (κ3) is 2.66. The van der Waals surface area contributed by atoms with E-state index in [4.69, 9.17) is 0 Å². The van der Waals surface area contributed by atoms with Gasteiger partial charge in [-0.3, -0.25) is 10.1 Å². The van der Waals surface area contributed by atoms with Crippen LogP contribution in [-0.4, -0.2) is 11.8 Å². The van der Waals surface area contributed by atoms with Gasteiger partial charge in [-0.25, -0.2) is 4.79 Å². The van der Waals surface area contributed by atoms with Crippen molar-refractivity contribution in [2.75, 3.05) is 10.6 Å². The van der Waals surface area contributed by atoms with Crippen LogP contribution in [-0.2, 0) is 17.6 Å². The fourth-order valence-electron chi connectivity index (χ4n) is 2.15. The van der Waals surface area contributed by atoms with Crippen molar-refractivity contribution in [3.05, 3.63) is 46.8 Å². The first kappa shape index (κ1) is 11.9. The number of rotatable bonds is 2. The minimum absolute atomic E-state index is 0.232. The number of benzene rings is 1. The van der Waals surface area contributed by atoms with Crippen molar-refractivity contribution in [3.8, 4) is 0 Å². The number of hydrogen-bond donors (Lipinski definition) is 2. The maximum Gasteiger partial charge on any atom is 0.324 e. The number of urea groups is 1. The minimum Gasteiger partial charge on any atom is -0.308 e. The van der Waals surface area contributed by atoms with Crippen LogP contribution >= 0.6 is 11.3 Å². The molecule has 0 bridgehead atoms. The third-order valence-electron chi connectivity index (χ3n) is 3.00. The fourth-order valence-corrected chi connectivity index (χ4v) is 2.76. The van der Waals surface area contributed by atoms with E-state index in [1.807, 2.05) is 35.7 Å². The van der Waals surface area contributed by atoms with Gasteiger partial charge in [0.25, 0.3) is 0 Å². The van der Waals surface area contributed by atoms with Crippen molar-refractivity contribution in [2.45, 2.75) is 12.8 Å². The Kier molecular flexibility index (Phi) is 3.05. The van der Waals surface area contributed by atoms with Crippen molar-refractivity contribution < 1.29 is 9.59 Å². The molecule has 2 amide bonds. The van der Waals surface area contributed by atoms with Gasteiger partial charge < -0.3 is 5.32 Å². The topological polar surface area (TPSA) is 58.2 Å². The van der Waals surface area contributed by atoms with Crippen LogP contribution in [0.4, 0.5) is 15.5 Å². The van der Waals surface area contributed by atoms with Gasteiger partial charge in [0.05, 0.1) is 5.00 Å². The van der Waals surface area contributed by atoms with E-state index in [2.05, 4.69) is 10.6 Å². The second-order valence-corrected chi connectivity index (χ2v) is 5.38. The van der Waals surface area contributed by atoms with Crippen LogP contribution in [0, 0.1) is 0 Å². The van der Waals surface area contributed by atoms with Crippen molar-refractivity contribution in [1.82, 2.24) is 0 Å². The summed E-state index contributed by atoms with van der Waals surface area (Å²) in [5.41, 5.74) is 2.79. The molecule has 0 aliphatic heterocycles. The second kappa shape index (κ2) is 4.85. The van der Waals surface area contributed by atoms with Crippen LogP contribution in [0.3, 0.4) is 0 Å². The highest BCUT2D eigenvalue weighted by Crippen LogP contribution is 2.23. The average Bonchev–Trinajstić information content (AvgIpc) is 2.96. The van der Waals surface area contributed by atoms with Crippen LogP contribution in [0.15, 0.2) is 35.7 Å². The molecule has 0 saturated carbocycles. The first-order valence-corrected chi connectivity index (χ1v) is 6.84. The van der Waals surface area contributed by atoms with E-state index in [0.29, 0.717) is 18.5 Å². The minimum atomic E-state index is -0.272. The van der Waals surface area contributed by atoms with Crippen LogP contribution in [0.25, 0.3) is 0 Å². The molecular weight excluding hydrogens is 260 g/mol. The number of anilines is 2. The largest absolute Gasteiger partial charge is 0.324 e. The molecule has 0 spiro atoms. The van der Waals surface area contributed by atoms with Crippen LogP contribution < -0.4 is 10.6 Å². The number of ketones is 1. The van der Waals surface area contributed by atoms with Gasteiger partial charge in [-0.15, -0.1) is 11.3 Å². The van der Waals surface area contributed by atoms with E-state index in [1.165, 1.54) is 11.3 Å². The number of carbonyl (C=O) groups is 2. The maximum absolute atomic E-state index is 11.8. The smallest absolute Gasteiger partial charge is 0.308 e. The number of thiophene rings is 1. The predicted octanol–water partition coefficient (Wildman–Crippen LogP) is 3.06. The van der Waals surface area contributed by atoms with Crippen molar-refractivity contribution in [1.29, 1.82) is 0 Å². The summed E-state index contributed by atoms with van der Waals surface area (Å²) >= 11 is 1.47. The predicted molar refractivity (Wildman–Crippen MR) is 75.8 cm³/mol. The Morgan fingerprint density at radius 3 is 2.74 bits per heavy atom. The van der Waals surface area contributed by atoms with E-state index < -0.39 is 0 Å². The highest BCUT2D eigenvalue weighted by molar-refractivity contribution is 7.14. The van der Waals surface area contributed by atoms with Gasteiger partial charge in [-0.05, 0) is 40.8 Å².